The number of carbonyl (C=O) groups excluding carboxylic acids is 8. The largest absolute Gasteiger partial charge is 0.508 e. The highest BCUT2D eigenvalue weighted by Gasteiger charge is 2.50. The second-order valence-corrected chi connectivity index (χ2v) is 32.6. The molecule has 18 atom stereocenters. The van der Waals surface area contributed by atoms with Crippen LogP contribution in [0, 0.1) is 0 Å². The number of aliphatic hydroxyl groups is 8. The van der Waals surface area contributed by atoms with Gasteiger partial charge in [0.25, 0.3) is 0 Å². The second-order valence-electron chi connectivity index (χ2n) is 31.8. The van der Waals surface area contributed by atoms with Gasteiger partial charge in [0.15, 0.2) is 23.0 Å². The van der Waals surface area contributed by atoms with Crippen molar-refractivity contribution in [2.24, 2.45) is 0 Å². The fraction of sp³-hybridized carbons (Fsp3) is 0.425. The van der Waals surface area contributed by atoms with Gasteiger partial charge in [0.1, 0.15) is 137 Å². The molecule has 8 aliphatic heterocycles. The molecule has 21 N–H and O–H groups in total. The van der Waals surface area contributed by atoms with Crippen LogP contribution in [0.4, 0.5) is 0 Å². The van der Waals surface area contributed by atoms with Gasteiger partial charge in [0.2, 0.25) is 65.6 Å². The summed E-state index contributed by atoms with van der Waals surface area (Å²) in [6, 6.07) is 6.60. The molecule has 8 heterocycles. The smallest absolute Gasteiger partial charge is 0.248 e. The van der Waals surface area contributed by atoms with E-state index in [4.69, 9.17) is 56.4 Å². The first-order chi connectivity index (χ1) is 60.3. The summed E-state index contributed by atoms with van der Waals surface area (Å²) < 4.78 is 44.9. The summed E-state index contributed by atoms with van der Waals surface area (Å²) in [4.78, 5) is 127. The van der Waals surface area contributed by atoms with E-state index in [2.05, 4.69) is 54.8 Å². The molecule has 37 nitrogen and oxygen atoms in total. The number of nitrogens with one attached hydrogen (secondary N) is 9. The van der Waals surface area contributed by atoms with Crippen molar-refractivity contribution < 1.29 is 133 Å². The number of phenols is 4. The van der Waals surface area contributed by atoms with E-state index in [1.807, 2.05) is 4.90 Å². The fourth-order valence-electron chi connectivity index (χ4n) is 15.8. The minimum Gasteiger partial charge on any atom is -0.508 e. The van der Waals surface area contributed by atoms with Gasteiger partial charge in [-0.3, -0.25) is 38.4 Å². The normalized spacial score (nSPS) is 26.1. The highest BCUT2D eigenvalue weighted by molar-refractivity contribution is 6.33. The Balaban J connectivity index is 1.04. The van der Waals surface area contributed by atoms with E-state index in [1.165, 1.54) is 61.6 Å². The molecule has 17 bridgehead atoms. The first kappa shape index (κ1) is 92.3. The number of carbonyl (C=O) groups is 8. The molecule has 0 saturated carbocycles. The molecule has 2 saturated heterocycles. The number of hydrogen-bond donors (Lipinski definition) is 21. The molecule has 674 valence electrons. The molecule has 15 rings (SSSR count). The van der Waals surface area contributed by atoms with Crippen molar-refractivity contribution in [1.29, 1.82) is 0 Å². The van der Waals surface area contributed by atoms with Crippen molar-refractivity contribution >= 4 is 70.5 Å². The van der Waals surface area contributed by atoms with Gasteiger partial charge < -0.3 is 147 Å². The summed E-state index contributed by atoms with van der Waals surface area (Å²) in [6.07, 6.45) is -12.7. The Morgan fingerprint density at radius 2 is 1.15 bits per heavy atom. The highest BCUT2D eigenvalue weighted by Crippen LogP contribution is 2.50. The first-order valence-electron chi connectivity index (χ1n) is 41.1. The molecule has 39 heteroatoms. The maximum absolute atomic E-state index is 16.8. The predicted molar refractivity (Wildman–Crippen MR) is 447 cm³/mol. The summed E-state index contributed by atoms with van der Waals surface area (Å²) in [6.45, 7) is 0.540. The van der Waals surface area contributed by atoms with Crippen LogP contribution in [-0.2, 0) is 54.3 Å². The van der Waals surface area contributed by atoms with E-state index in [1.54, 1.807) is 14.1 Å². The maximum Gasteiger partial charge on any atom is 0.248 e. The number of unbranched alkanes of at least 4 members (excludes halogenated alkanes) is 7. The Hall–Kier alpha value is -11.4. The van der Waals surface area contributed by atoms with Crippen molar-refractivity contribution in [2.45, 2.75) is 187 Å². The maximum atomic E-state index is 16.8. The number of phenolic OH excluding ortho intramolecular Hbond substituents is 4. The van der Waals surface area contributed by atoms with Gasteiger partial charge in [-0.2, -0.15) is 0 Å². The van der Waals surface area contributed by atoms with Crippen molar-refractivity contribution in [2.75, 3.05) is 47.4 Å². The van der Waals surface area contributed by atoms with Gasteiger partial charge in [0, 0.05) is 48.2 Å². The SMILES string of the molecule is CCCCCCCCCCC(=O)N[C@H]1[C@H](Oc2c3cc4cc2Oc2ccc(cc2Cl)[C@@H](O)[C@@H]2NC(=O)[C@H](NC(=O)[C@@H]4NC(=O)[C@H]4NC(=O)[C@@H](Cc5ccc(cc5)O3)NC(=O)[C@@H](NC)c3ccc(O)c(c3)Oc3cc(O)c(Cl)c4c3)c3ccc(O)c(c3)-c3c(O[C@H]4O[C@H](CO)[C@@H](O)[C@H](O)[C@@H]4O)cc(O)cc3[C@H](C(=O)NCCCN(C)C)NC2=O)O[C@H](CO)[C@@H](O)[C@@H]1O. The molecule has 0 aromatic heterocycles. The number of fused-ring (bicyclic) bond motifs is 14. The van der Waals surface area contributed by atoms with Gasteiger partial charge in [-0.05, 0) is 147 Å². The van der Waals surface area contributed by atoms with E-state index in [0.717, 1.165) is 99.2 Å². The van der Waals surface area contributed by atoms with Crippen LogP contribution in [0.2, 0.25) is 10.0 Å². The Morgan fingerprint density at radius 3 is 1.84 bits per heavy atom. The van der Waals surface area contributed by atoms with Gasteiger partial charge in [-0.15, -0.1) is 0 Å². The summed E-state index contributed by atoms with van der Waals surface area (Å²) in [5, 5.41) is 162. The topological polar surface area (TPSA) is 555 Å². The minimum absolute atomic E-state index is 0.0730. The van der Waals surface area contributed by atoms with E-state index < -0.39 is 254 Å². The number of benzene rings is 7. The Labute approximate surface area is 731 Å². The van der Waals surface area contributed by atoms with E-state index in [-0.39, 0.29) is 59.1 Å². The molecule has 8 amide bonds. The molecule has 2 fully saturated rings. The van der Waals surface area contributed by atoms with Crippen LogP contribution in [0.3, 0.4) is 0 Å². The molecule has 8 aliphatic rings. The zero-order chi connectivity index (χ0) is 90.2. The number of halogens is 2. The molecular weight excluding hydrogens is 1690 g/mol. The van der Waals surface area contributed by atoms with Crippen LogP contribution >= 0.6 is 23.2 Å². The zero-order valence-electron chi connectivity index (χ0n) is 68.7. The Morgan fingerprint density at radius 1 is 0.532 bits per heavy atom. The number of hydrogen-bond acceptors (Lipinski definition) is 29. The highest BCUT2D eigenvalue weighted by atomic mass is 35.5. The van der Waals surface area contributed by atoms with E-state index in [0.29, 0.717) is 31.4 Å². The fourth-order valence-corrected chi connectivity index (χ4v) is 16.2. The number of amides is 8. The Kier molecular flexibility index (Phi) is 29.7. The molecule has 0 aliphatic carbocycles. The van der Waals surface area contributed by atoms with Gasteiger partial charge in [-0.1, -0.05) is 105 Å². The number of aliphatic hydroxyl groups excluding tert-OH is 8. The molecule has 7 aromatic rings. The van der Waals surface area contributed by atoms with Crippen LogP contribution in [-0.4, -0.2) is 234 Å². The third kappa shape index (κ3) is 20.6. The van der Waals surface area contributed by atoms with Gasteiger partial charge in [0.05, 0.1) is 23.3 Å². The monoisotopic (exact) mass is 1790 g/mol. The molecular formula is C87H100Cl2N10O27. The van der Waals surface area contributed by atoms with Gasteiger partial charge >= 0.3 is 0 Å². The number of ether oxygens (including phenoxy) is 7. The van der Waals surface area contributed by atoms with Crippen molar-refractivity contribution in [3.8, 4) is 80.1 Å². The lowest BCUT2D eigenvalue weighted by atomic mass is 9.89. The summed E-state index contributed by atoms with van der Waals surface area (Å²) in [5.74, 6) is -15.4. The average molecular weight is 1790 g/mol. The van der Waals surface area contributed by atoms with E-state index in [9.17, 15) is 70.9 Å². The second kappa shape index (κ2) is 40.5. The van der Waals surface area contributed by atoms with Gasteiger partial charge in [-0.25, -0.2) is 0 Å². The van der Waals surface area contributed by atoms with Crippen LogP contribution < -0.4 is 71.5 Å². The molecule has 126 heavy (non-hydrogen) atoms. The standard InChI is InChI=1S/C87H100Cl2N10O27/c1-5-6-7-8-9-10-11-12-14-62(106)93-71-75(110)73(108)60(37-100)124-86(71)126-78-58-31-43-32-59(78)122-55-24-19-42(29-50(55)88)72(107)70-85(119)97-68(80(114)91-25-13-26-99(3)4)48-33-44(102)34-57(123-87-77(112)76(111)74(109)61(38-101)125-87)63(48)47-28-40(17-22-52(47)103)66(82(116)98-70)94-83(117)67(43)95-84(118)69-49-35-46(36-54(105)64(49)89)121-56-30-41(18-23-53(56)104)65(90-2)81(115)92-51(79(113)96-69)27-39-15-20-45(120-58)21-16-39/h15-24,28-36,51,60-61,65-77,86-87,90,100-105,107-112H,5-14,25-27,37-38H2,1-4H3,(H,91,114)(H,92,115)(H,93,106)(H,94,117)(H,95,118)(H,96,113)(H,97,119)(H,98,116)/t51-,60-,61-,65+,66-,67-,68-,69+,70+,71-,72-,73-,74-,75-,76+,77+,86+,87+/m1/s1. The van der Waals surface area contributed by atoms with Crippen LogP contribution in [0.15, 0.2) is 115 Å². The molecule has 0 unspecified atom stereocenters. The van der Waals surface area contributed by atoms with Crippen molar-refractivity contribution in [1.82, 2.24) is 52.8 Å². The third-order valence-electron chi connectivity index (χ3n) is 22.6. The average Bonchev–Trinajstić information content (AvgIpc) is 0.753. The lowest BCUT2D eigenvalue weighted by molar-refractivity contribution is -0.277. The molecule has 7 aromatic carbocycles. The lowest BCUT2D eigenvalue weighted by Gasteiger charge is -2.42. The number of rotatable bonds is 22. The molecule has 0 radical (unpaired) electrons. The number of likely N-dealkylation sites (N-methyl/N-ethyl adjacent to an activating group) is 1. The summed E-state index contributed by atoms with van der Waals surface area (Å²) >= 11 is 14.3. The quantitative estimate of drug-likeness (QED) is 0.0429. The van der Waals surface area contributed by atoms with Crippen LogP contribution in [0.1, 0.15) is 146 Å². The third-order valence-corrected chi connectivity index (χ3v) is 23.3. The van der Waals surface area contributed by atoms with Crippen molar-refractivity contribution in [3.05, 3.63) is 164 Å². The molecule has 0 spiro atoms. The lowest BCUT2D eigenvalue weighted by Crippen LogP contribution is -2.65. The summed E-state index contributed by atoms with van der Waals surface area (Å²) in [5.41, 5.74) is -2.44. The first-order valence-corrected chi connectivity index (χ1v) is 41.9. The number of aromatic hydroxyl groups is 4. The van der Waals surface area contributed by atoms with Crippen LogP contribution in [0.5, 0.6) is 69.0 Å². The predicted octanol–water partition coefficient (Wildman–Crippen LogP) is 3.83. The van der Waals surface area contributed by atoms with Crippen molar-refractivity contribution in [3.63, 3.8) is 0 Å². The minimum atomic E-state index is -2.40. The zero-order valence-corrected chi connectivity index (χ0v) is 70.2. The summed E-state index contributed by atoms with van der Waals surface area (Å²) in [7, 11) is 4.98. The Bertz CT molecular complexity index is 5210. The van der Waals surface area contributed by atoms with E-state index >= 15 is 28.8 Å². The number of nitrogens with zero attached hydrogens (tertiary/aromatic N) is 1. The van der Waals surface area contributed by atoms with Crippen LogP contribution in [0.25, 0.3) is 11.1 Å².